The molecule has 0 saturated carbocycles. The van der Waals surface area contributed by atoms with Crippen molar-refractivity contribution >= 4 is 11.9 Å². The molecule has 0 aliphatic heterocycles. The van der Waals surface area contributed by atoms with Crippen LogP contribution < -0.4 is 5.32 Å². The molecule has 6 heteroatoms. The molecule has 0 aliphatic rings. The molecule has 0 aliphatic carbocycles. The second-order valence-electron chi connectivity index (χ2n) is 16.2. The second-order valence-corrected chi connectivity index (χ2v) is 16.2. The number of carbonyl (C=O) groups is 2. The molecule has 3 N–H and O–H groups in total. The smallest absolute Gasteiger partial charge is 0.306 e. The highest BCUT2D eigenvalue weighted by atomic mass is 16.5. The van der Waals surface area contributed by atoms with Gasteiger partial charge in [0.1, 0.15) is 6.10 Å². The van der Waals surface area contributed by atoms with Gasteiger partial charge in [0.2, 0.25) is 5.91 Å². The number of carbonyl (C=O) groups excluding carboxylic acids is 2. The van der Waals surface area contributed by atoms with Gasteiger partial charge in [-0.25, -0.2) is 0 Å². The first kappa shape index (κ1) is 56.8. The summed E-state index contributed by atoms with van der Waals surface area (Å²) in [6, 6.07) is -0.734. The lowest BCUT2D eigenvalue weighted by atomic mass is 10.0. The molecule has 1 amide bonds. The molecule has 6 nitrogen and oxygen atoms in total. The van der Waals surface area contributed by atoms with Gasteiger partial charge in [-0.05, 0) is 77.0 Å². The zero-order valence-corrected chi connectivity index (χ0v) is 38.8. The van der Waals surface area contributed by atoms with Gasteiger partial charge in [-0.2, -0.15) is 0 Å². The number of rotatable bonds is 42. The van der Waals surface area contributed by atoms with E-state index >= 15 is 0 Å². The monoisotopic (exact) mass is 834 g/mol. The quantitative estimate of drug-likeness (QED) is 0.0246. The van der Waals surface area contributed by atoms with Crippen LogP contribution in [-0.4, -0.2) is 46.9 Å². The summed E-state index contributed by atoms with van der Waals surface area (Å²) in [5, 5.41) is 23.7. The summed E-state index contributed by atoms with van der Waals surface area (Å²) in [4.78, 5) is 26.1. The Bertz CT molecular complexity index is 1210. The van der Waals surface area contributed by atoms with E-state index in [0.717, 1.165) is 83.5 Å². The predicted molar refractivity (Wildman–Crippen MR) is 259 cm³/mol. The van der Waals surface area contributed by atoms with Gasteiger partial charge in [0.25, 0.3) is 0 Å². The van der Waals surface area contributed by atoms with Crippen LogP contribution in [-0.2, 0) is 14.3 Å². The zero-order chi connectivity index (χ0) is 43.8. The number of allylic oxidation sites excluding steroid dienone is 16. The molecule has 0 aromatic carbocycles. The Kier molecular flexibility index (Phi) is 44.3. The van der Waals surface area contributed by atoms with Crippen LogP contribution in [0, 0.1) is 0 Å². The van der Waals surface area contributed by atoms with Gasteiger partial charge in [0.15, 0.2) is 0 Å². The molecular weight excluding hydrogens is 743 g/mol. The van der Waals surface area contributed by atoms with E-state index in [1.54, 1.807) is 0 Å². The third kappa shape index (κ3) is 41.5. The normalized spacial score (nSPS) is 14.2. The van der Waals surface area contributed by atoms with Gasteiger partial charge in [-0.3, -0.25) is 9.59 Å². The minimum atomic E-state index is -0.815. The lowest BCUT2D eigenvalue weighted by molar-refractivity contribution is -0.151. The number of hydrogen-bond donors (Lipinski definition) is 3. The second kappa shape index (κ2) is 46.8. The number of ether oxygens (including phenoxy) is 1. The first-order valence-electron chi connectivity index (χ1n) is 24.5. The van der Waals surface area contributed by atoms with Crippen LogP contribution in [0.15, 0.2) is 97.2 Å². The average molecular weight is 834 g/mol. The fourth-order valence-corrected chi connectivity index (χ4v) is 6.82. The first-order chi connectivity index (χ1) is 29.5. The molecule has 342 valence electrons. The van der Waals surface area contributed by atoms with Crippen molar-refractivity contribution in [3.63, 3.8) is 0 Å². The molecule has 0 rings (SSSR count). The molecule has 0 fully saturated rings. The van der Waals surface area contributed by atoms with Gasteiger partial charge in [0.05, 0.1) is 25.2 Å². The van der Waals surface area contributed by atoms with Crippen molar-refractivity contribution in [1.82, 2.24) is 5.32 Å². The average Bonchev–Trinajstić information content (AvgIpc) is 3.24. The minimum Gasteiger partial charge on any atom is -0.462 e. The standard InChI is InChI=1S/C54H91NO5/c1-4-7-10-13-16-19-22-24-25-26-27-29-32-35-38-41-44-47-54(59)60-50(45-42-39-36-33-31-28-23-20-17-14-11-8-5-2)48-53(58)55-51(49-56)52(57)46-43-40-37-34-30-21-18-15-12-9-6-3/h8,11,14,16-17,19-20,23-25,27-29,31,33,36,50-52,56-57H,4-7,9-10,12-13,15,18,21-22,26,30,32,34-35,37-49H2,1-3H3,(H,55,58)/b11-8+,17-14+,19-16-,23-20-,25-24-,29-27-,31-28-,36-33+. The van der Waals surface area contributed by atoms with Crippen LogP contribution in [0.2, 0.25) is 0 Å². The highest BCUT2D eigenvalue weighted by Gasteiger charge is 2.24. The Hall–Kier alpha value is -3.22. The Morgan fingerprint density at radius 1 is 0.517 bits per heavy atom. The molecule has 0 aromatic heterocycles. The number of hydrogen-bond acceptors (Lipinski definition) is 5. The van der Waals surface area contributed by atoms with Gasteiger partial charge in [0, 0.05) is 6.42 Å². The van der Waals surface area contributed by atoms with Crippen molar-refractivity contribution in [2.75, 3.05) is 6.61 Å². The molecule has 0 radical (unpaired) electrons. The highest BCUT2D eigenvalue weighted by Crippen LogP contribution is 2.16. The van der Waals surface area contributed by atoms with E-state index in [9.17, 15) is 19.8 Å². The fraction of sp³-hybridized carbons (Fsp3) is 0.667. The van der Waals surface area contributed by atoms with Crippen molar-refractivity contribution in [3.05, 3.63) is 97.2 Å². The largest absolute Gasteiger partial charge is 0.462 e. The van der Waals surface area contributed by atoms with Crippen LogP contribution in [0.25, 0.3) is 0 Å². The third-order valence-electron chi connectivity index (χ3n) is 10.5. The zero-order valence-electron chi connectivity index (χ0n) is 38.8. The SMILES string of the molecule is CC/C=C/C=C/C=C\C=C/C=C/CCCC(CC(=O)NC(CO)C(O)CCCCCCCCCCCCC)OC(=O)CCCCCC/C=C\C/C=C\C/C=C\CCCCC. The van der Waals surface area contributed by atoms with Gasteiger partial charge < -0.3 is 20.3 Å². The highest BCUT2D eigenvalue weighted by molar-refractivity contribution is 5.77. The topological polar surface area (TPSA) is 95.9 Å². The molecule has 0 saturated heterocycles. The predicted octanol–water partition coefficient (Wildman–Crippen LogP) is 14.6. The molecule has 60 heavy (non-hydrogen) atoms. The number of nitrogens with one attached hydrogen (secondary N) is 1. The third-order valence-corrected chi connectivity index (χ3v) is 10.5. The molecular formula is C54H91NO5. The maximum atomic E-state index is 13.2. The fourth-order valence-electron chi connectivity index (χ4n) is 6.82. The number of aliphatic hydroxyl groups is 2. The first-order valence-corrected chi connectivity index (χ1v) is 24.5. The summed E-state index contributed by atoms with van der Waals surface area (Å²) in [5.74, 6) is -0.581. The molecule has 3 unspecified atom stereocenters. The van der Waals surface area contributed by atoms with E-state index in [-0.39, 0.29) is 24.9 Å². The summed E-state index contributed by atoms with van der Waals surface area (Å²) in [7, 11) is 0. The summed E-state index contributed by atoms with van der Waals surface area (Å²) in [6.07, 6.45) is 61.8. The number of aliphatic hydroxyl groups excluding tert-OH is 2. The molecule has 0 aromatic rings. The lowest BCUT2D eigenvalue weighted by Crippen LogP contribution is -2.46. The van der Waals surface area contributed by atoms with E-state index in [0.29, 0.717) is 19.3 Å². The van der Waals surface area contributed by atoms with Gasteiger partial charge in [-0.15, -0.1) is 0 Å². The number of amides is 1. The van der Waals surface area contributed by atoms with E-state index in [4.69, 9.17) is 4.74 Å². The maximum absolute atomic E-state index is 13.2. The van der Waals surface area contributed by atoms with Crippen LogP contribution in [0.1, 0.15) is 207 Å². The Balaban J connectivity index is 4.75. The van der Waals surface area contributed by atoms with Crippen molar-refractivity contribution in [3.8, 4) is 0 Å². The summed E-state index contributed by atoms with van der Waals surface area (Å²) >= 11 is 0. The molecule has 3 atom stereocenters. The summed E-state index contributed by atoms with van der Waals surface area (Å²) in [6.45, 7) is 6.26. The lowest BCUT2D eigenvalue weighted by Gasteiger charge is -2.24. The summed E-state index contributed by atoms with van der Waals surface area (Å²) < 4.78 is 5.87. The van der Waals surface area contributed by atoms with Crippen molar-refractivity contribution in [2.24, 2.45) is 0 Å². The molecule has 0 heterocycles. The van der Waals surface area contributed by atoms with Crippen LogP contribution >= 0.6 is 0 Å². The van der Waals surface area contributed by atoms with Crippen molar-refractivity contribution in [1.29, 1.82) is 0 Å². The number of unbranched alkanes of at least 4 members (excludes halogenated alkanes) is 18. The summed E-state index contributed by atoms with van der Waals surface area (Å²) in [5.41, 5.74) is 0. The maximum Gasteiger partial charge on any atom is 0.306 e. The Morgan fingerprint density at radius 2 is 0.983 bits per heavy atom. The van der Waals surface area contributed by atoms with E-state index in [1.165, 1.54) is 77.0 Å². The van der Waals surface area contributed by atoms with Gasteiger partial charge in [-0.1, -0.05) is 214 Å². The van der Waals surface area contributed by atoms with Gasteiger partial charge >= 0.3 is 5.97 Å². The van der Waals surface area contributed by atoms with Crippen molar-refractivity contribution in [2.45, 2.75) is 225 Å². The van der Waals surface area contributed by atoms with Crippen molar-refractivity contribution < 1.29 is 24.5 Å². The molecule has 0 bridgehead atoms. The van der Waals surface area contributed by atoms with Crippen LogP contribution in [0.4, 0.5) is 0 Å². The van der Waals surface area contributed by atoms with E-state index < -0.39 is 18.2 Å². The van der Waals surface area contributed by atoms with E-state index in [2.05, 4.69) is 74.7 Å². The van der Waals surface area contributed by atoms with Crippen LogP contribution in [0.3, 0.4) is 0 Å². The van der Waals surface area contributed by atoms with E-state index in [1.807, 2.05) is 48.6 Å². The number of esters is 1. The molecule has 0 spiro atoms. The van der Waals surface area contributed by atoms with Crippen LogP contribution in [0.5, 0.6) is 0 Å². The minimum absolute atomic E-state index is 0.0139. The Labute approximate surface area is 369 Å². The Morgan fingerprint density at radius 3 is 1.57 bits per heavy atom.